The highest BCUT2D eigenvalue weighted by atomic mass is 16.4. The van der Waals surface area contributed by atoms with Crippen molar-refractivity contribution in [2.75, 3.05) is 26.2 Å². The second-order valence-electron chi connectivity index (χ2n) is 5.07. The lowest BCUT2D eigenvalue weighted by Crippen LogP contribution is -2.51. The number of carboxylic acid groups (broad SMARTS) is 1. The van der Waals surface area contributed by atoms with Crippen molar-refractivity contribution in [2.45, 2.75) is 26.4 Å². The van der Waals surface area contributed by atoms with Gasteiger partial charge in [0.15, 0.2) is 0 Å². The van der Waals surface area contributed by atoms with Gasteiger partial charge in [-0.2, -0.15) is 0 Å². The predicted octanol–water partition coefficient (Wildman–Crippen LogP) is 1.31. The standard InChI is InChI=1S/C14H21N3O2/c1-3-17-7-6-16(9-11(17)2)10-12-4-5-15-13(8-12)14(18)19/h4-5,8,11H,3,6-7,9-10H2,1-2H3,(H,18,19). The molecule has 19 heavy (non-hydrogen) atoms. The molecule has 0 aliphatic carbocycles. The fourth-order valence-electron chi connectivity index (χ4n) is 2.63. The van der Waals surface area contributed by atoms with Gasteiger partial charge >= 0.3 is 5.97 Å². The first-order chi connectivity index (χ1) is 9.10. The van der Waals surface area contributed by atoms with Crippen molar-refractivity contribution < 1.29 is 9.90 Å². The molecule has 5 nitrogen and oxygen atoms in total. The molecular weight excluding hydrogens is 242 g/mol. The van der Waals surface area contributed by atoms with Gasteiger partial charge in [0.2, 0.25) is 0 Å². The van der Waals surface area contributed by atoms with E-state index in [1.54, 1.807) is 12.3 Å². The fraction of sp³-hybridized carbons (Fsp3) is 0.571. The van der Waals surface area contributed by atoms with Crippen LogP contribution in [0.25, 0.3) is 0 Å². The second-order valence-corrected chi connectivity index (χ2v) is 5.07. The number of carboxylic acids is 1. The molecule has 0 aromatic carbocycles. The van der Waals surface area contributed by atoms with Gasteiger partial charge in [0, 0.05) is 38.4 Å². The zero-order valence-corrected chi connectivity index (χ0v) is 11.5. The molecule has 0 saturated carbocycles. The Labute approximate surface area is 113 Å². The molecule has 104 valence electrons. The Morgan fingerprint density at radius 2 is 2.32 bits per heavy atom. The smallest absolute Gasteiger partial charge is 0.354 e. The van der Waals surface area contributed by atoms with Gasteiger partial charge < -0.3 is 5.11 Å². The molecule has 1 aliphatic rings. The maximum atomic E-state index is 10.9. The molecule has 1 aromatic heterocycles. The summed E-state index contributed by atoms with van der Waals surface area (Å²) in [6.07, 6.45) is 1.57. The topological polar surface area (TPSA) is 56.7 Å². The molecule has 1 fully saturated rings. The summed E-state index contributed by atoms with van der Waals surface area (Å²) in [5, 5.41) is 8.94. The highest BCUT2D eigenvalue weighted by Gasteiger charge is 2.22. The number of rotatable bonds is 4. The molecule has 0 bridgehead atoms. The average molecular weight is 263 g/mol. The molecule has 0 radical (unpaired) electrons. The summed E-state index contributed by atoms with van der Waals surface area (Å²) < 4.78 is 0. The first-order valence-corrected chi connectivity index (χ1v) is 6.74. The van der Waals surface area contributed by atoms with Gasteiger partial charge in [-0.25, -0.2) is 9.78 Å². The number of hydrogen-bond donors (Lipinski definition) is 1. The Morgan fingerprint density at radius 3 is 2.95 bits per heavy atom. The van der Waals surface area contributed by atoms with E-state index in [1.165, 1.54) is 0 Å². The highest BCUT2D eigenvalue weighted by Crippen LogP contribution is 2.13. The monoisotopic (exact) mass is 263 g/mol. The van der Waals surface area contributed by atoms with Gasteiger partial charge in [-0.1, -0.05) is 6.92 Å². The van der Waals surface area contributed by atoms with Crippen LogP contribution in [0.1, 0.15) is 29.9 Å². The van der Waals surface area contributed by atoms with Crippen LogP contribution in [-0.2, 0) is 6.54 Å². The summed E-state index contributed by atoms with van der Waals surface area (Å²) >= 11 is 0. The third kappa shape index (κ3) is 3.52. The molecule has 0 amide bonds. The molecule has 1 atom stereocenters. The van der Waals surface area contributed by atoms with Crippen LogP contribution in [0.3, 0.4) is 0 Å². The normalized spacial score (nSPS) is 21.5. The molecule has 0 spiro atoms. The summed E-state index contributed by atoms with van der Waals surface area (Å²) in [7, 11) is 0. The van der Waals surface area contributed by atoms with Crippen LogP contribution >= 0.6 is 0 Å². The van der Waals surface area contributed by atoms with Gasteiger partial charge in [0.05, 0.1) is 0 Å². The fourth-order valence-corrected chi connectivity index (χ4v) is 2.63. The van der Waals surface area contributed by atoms with Crippen molar-refractivity contribution in [3.05, 3.63) is 29.6 Å². The largest absolute Gasteiger partial charge is 0.477 e. The van der Waals surface area contributed by atoms with E-state index < -0.39 is 5.97 Å². The predicted molar refractivity (Wildman–Crippen MR) is 73.2 cm³/mol. The van der Waals surface area contributed by atoms with Crippen molar-refractivity contribution in [1.29, 1.82) is 0 Å². The number of aromatic nitrogens is 1. The van der Waals surface area contributed by atoms with Crippen LogP contribution in [0, 0.1) is 0 Å². The van der Waals surface area contributed by atoms with E-state index in [2.05, 4.69) is 28.6 Å². The number of nitrogens with zero attached hydrogens (tertiary/aromatic N) is 3. The molecule has 1 N–H and O–H groups in total. The van der Waals surface area contributed by atoms with Gasteiger partial charge in [-0.15, -0.1) is 0 Å². The molecule has 2 heterocycles. The SMILES string of the molecule is CCN1CCN(Cc2ccnc(C(=O)O)c2)CC1C. The zero-order valence-electron chi connectivity index (χ0n) is 11.5. The number of aromatic carboxylic acids is 1. The summed E-state index contributed by atoms with van der Waals surface area (Å²) in [6.45, 7) is 9.45. The quantitative estimate of drug-likeness (QED) is 0.887. The molecule has 2 rings (SSSR count). The van der Waals surface area contributed by atoms with E-state index in [9.17, 15) is 4.79 Å². The third-order valence-electron chi connectivity index (χ3n) is 3.71. The lowest BCUT2D eigenvalue weighted by atomic mass is 10.1. The van der Waals surface area contributed by atoms with E-state index in [4.69, 9.17) is 5.11 Å². The van der Waals surface area contributed by atoms with Crippen LogP contribution in [0.5, 0.6) is 0 Å². The minimum Gasteiger partial charge on any atom is -0.477 e. The van der Waals surface area contributed by atoms with E-state index in [0.717, 1.165) is 38.3 Å². The molecular formula is C14H21N3O2. The average Bonchev–Trinajstić information content (AvgIpc) is 2.39. The summed E-state index contributed by atoms with van der Waals surface area (Å²) in [5.41, 5.74) is 1.14. The van der Waals surface area contributed by atoms with Crippen molar-refractivity contribution in [3.63, 3.8) is 0 Å². The Hall–Kier alpha value is -1.46. The zero-order chi connectivity index (χ0) is 13.8. The second kappa shape index (κ2) is 6.12. The van der Waals surface area contributed by atoms with E-state index in [1.807, 2.05) is 6.07 Å². The van der Waals surface area contributed by atoms with Gasteiger partial charge in [0.1, 0.15) is 5.69 Å². The van der Waals surface area contributed by atoms with Crippen LogP contribution in [0.15, 0.2) is 18.3 Å². The molecule has 1 aliphatic heterocycles. The Morgan fingerprint density at radius 1 is 1.53 bits per heavy atom. The molecule has 1 saturated heterocycles. The minimum absolute atomic E-state index is 0.123. The van der Waals surface area contributed by atoms with E-state index in [-0.39, 0.29) is 5.69 Å². The van der Waals surface area contributed by atoms with Crippen LogP contribution in [0.2, 0.25) is 0 Å². The Balaban J connectivity index is 1.98. The van der Waals surface area contributed by atoms with E-state index in [0.29, 0.717) is 6.04 Å². The maximum absolute atomic E-state index is 10.9. The Kier molecular flexibility index (Phi) is 4.50. The number of hydrogen-bond acceptors (Lipinski definition) is 4. The molecule has 5 heteroatoms. The van der Waals surface area contributed by atoms with Crippen LogP contribution < -0.4 is 0 Å². The third-order valence-corrected chi connectivity index (χ3v) is 3.71. The maximum Gasteiger partial charge on any atom is 0.354 e. The van der Waals surface area contributed by atoms with Crippen molar-refractivity contribution in [3.8, 4) is 0 Å². The first kappa shape index (κ1) is 14.0. The van der Waals surface area contributed by atoms with Gasteiger partial charge in [-0.3, -0.25) is 9.80 Å². The first-order valence-electron chi connectivity index (χ1n) is 6.74. The Bertz CT molecular complexity index is 450. The van der Waals surface area contributed by atoms with Gasteiger partial charge in [0.25, 0.3) is 0 Å². The van der Waals surface area contributed by atoms with Crippen LogP contribution in [-0.4, -0.2) is 58.1 Å². The minimum atomic E-state index is -0.967. The van der Waals surface area contributed by atoms with Crippen LogP contribution in [0.4, 0.5) is 0 Å². The summed E-state index contributed by atoms with van der Waals surface area (Å²) in [6, 6.07) is 4.11. The van der Waals surface area contributed by atoms with Crippen molar-refractivity contribution in [1.82, 2.24) is 14.8 Å². The van der Waals surface area contributed by atoms with E-state index >= 15 is 0 Å². The number of carbonyl (C=O) groups is 1. The lowest BCUT2D eigenvalue weighted by molar-refractivity contribution is 0.0689. The van der Waals surface area contributed by atoms with Crippen molar-refractivity contribution >= 4 is 5.97 Å². The molecule has 1 unspecified atom stereocenters. The summed E-state index contributed by atoms with van der Waals surface area (Å²) in [4.78, 5) is 19.6. The summed E-state index contributed by atoms with van der Waals surface area (Å²) in [5.74, 6) is -0.967. The lowest BCUT2D eigenvalue weighted by Gasteiger charge is -2.39. The van der Waals surface area contributed by atoms with Gasteiger partial charge in [-0.05, 0) is 31.2 Å². The highest BCUT2D eigenvalue weighted by molar-refractivity contribution is 5.85. The number of pyridine rings is 1. The number of likely N-dealkylation sites (N-methyl/N-ethyl adjacent to an activating group) is 1. The number of piperazine rings is 1. The molecule has 1 aromatic rings. The van der Waals surface area contributed by atoms with Crippen molar-refractivity contribution in [2.24, 2.45) is 0 Å².